The Morgan fingerprint density at radius 2 is 0.600 bits per heavy atom. The van der Waals surface area contributed by atoms with Crippen LogP contribution in [0.4, 0.5) is 0 Å². The molecule has 0 aliphatic rings. The van der Waals surface area contributed by atoms with Crippen LogP contribution in [0.15, 0.2) is 29.1 Å². The van der Waals surface area contributed by atoms with Gasteiger partial charge in [0.2, 0.25) is 0 Å². The van der Waals surface area contributed by atoms with Crippen molar-refractivity contribution >= 4 is 0 Å². The van der Waals surface area contributed by atoms with Crippen molar-refractivity contribution in [3.63, 3.8) is 0 Å². The molecular weight excluding hydrogens is 570 g/mol. The number of furan rings is 1. The highest BCUT2D eigenvalue weighted by molar-refractivity contribution is 4.79. The molecular formula is C42H86ClNO. The molecule has 0 spiro atoms. The highest BCUT2D eigenvalue weighted by Gasteiger charge is 2.16. The zero-order valence-electron chi connectivity index (χ0n) is 32.1. The predicted molar refractivity (Wildman–Crippen MR) is 201 cm³/mol. The molecule has 1 aromatic rings. The van der Waals surface area contributed by atoms with Gasteiger partial charge in [0.1, 0.15) is 0 Å². The fraction of sp³-hybridized carbons (Fsp3) is 0.905. The molecule has 0 saturated heterocycles. The third-order valence-corrected chi connectivity index (χ3v) is 9.09. The van der Waals surface area contributed by atoms with Crippen LogP contribution in [-0.4, -0.2) is 14.1 Å². The normalized spacial score (nSPS) is 10.9. The third-order valence-electron chi connectivity index (χ3n) is 9.09. The summed E-state index contributed by atoms with van der Waals surface area (Å²) in [4.78, 5) is 0. The minimum Gasteiger partial charge on any atom is -1.00 e. The zero-order valence-corrected chi connectivity index (χ0v) is 32.8. The summed E-state index contributed by atoms with van der Waals surface area (Å²) in [6, 6.07) is 3.67. The van der Waals surface area contributed by atoms with Crippen LogP contribution in [0.2, 0.25) is 0 Å². The van der Waals surface area contributed by atoms with E-state index in [4.69, 9.17) is 0 Å². The van der Waals surface area contributed by atoms with Gasteiger partial charge in [-0.15, -0.1) is 0 Å². The summed E-state index contributed by atoms with van der Waals surface area (Å²) in [6.45, 7) is 9.67. The van der Waals surface area contributed by atoms with E-state index >= 15 is 0 Å². The maximum atomic E-state index is 4.58. The molecule has 0 atom stereocenters. The quantitative estimate of drug-likeness (QED) is 0.0792. The summed E-state index contributed by atoms with van der Waals surface area (Å²) in [7, 11) is 4.00. The van der Waals surface area contributed by atoms with E-state index in [1.165, 1.54) is 199 Å². The molecule has 0 aliphatic heterocycles. The van der Waals surface area contributed by atoms with Crippen LogP contribution in [-0.2, 0) is 0 Å². The number of rotatable bonds is 31. The van der Waals surface area contributed by atoms with Gasteiger partial charge in [-0.2, -0.15) is 0 Å². The van der Waals surface area contributed by atoms with Crippen molar-refractivity contribution < 1.29 is 22.1 Å². The van der Waals surface area contributed by atoms with Crippen LogP contribution in [0.1, 0.15) is 227 Å². The van der Waals surface area contributed by atoms with Crippen molar-refractivity contribution in [3.05, 3.63) is 24.7 Å². The Balaban J connectivity index is -0.00000171. The van der Waals surface area contributed by atoms with E-state index in [0.29, 0.717) is 5.41 Å². The molecule has 3 heteroatoms. The first-order valence-corrected chi connectivity index (χ1v) is 20.2. The van der Waals surface area contributed by atoms with Crippen molar-refractivity contribution in [2.24, 2.45) is 5.41 Å². The number of unbranched alkanes of at least 4 members (excludes halogenated alkanes) is 27. The molecule has 1 rings (SSSR count). The fourth-order valence-electron chi connectivity index (χ4n) is 6.12. The number of hydrogen-bond donors (Lipinski definition) is 1. The van der Waals surface area contributed by atoms with Crippen LogP contribution < -0.4 is 17.7 Å². The minimum absolute atomic E-state index is 0. The molecule has 272 valence electrons. The molecule has 0 saturated carbocycles. The van der Waals surface area contributed by atoms with Crippen molar-refractivity contribution in [1.29, 1.82) is 0 Å². The lowest BCUT2D eigenvalue weighted by molar-refractivity contribution is -0.597. The average molecular weight is 657 g/mol. The summed E-state index contributed by atoms with van der Waals surface area (Å²) in [5, 5.41) is 2.00. The second-order valence-corrected chi connectivity index (χ2v) is 14.6. The van der Waals surface area contributed by atoms with E-state index in [9.17, 15) is 0 Å². The van der Waals surface area contributed by atoms with Crippen LogP contribution in [0.3, 0.4) is 0 Å². The molecule has 0 unspecified atom stereocenters. The Morgan fingerprint density at radius 1 is 0.400 bits per heavy atom. The van der Waals surface area contributed by atoms with Crippen molar-refractivity contribution in [2.45, 2.75) is 227 Å². The van der Waals surface area contributed by atoms with Crippen LogP contribution >= 0.6 is 0 Å². The monoisotopic (exact) mass is 656 g/mol. The summed E-state index contributed by atoms with van der Waals surface area (Å²) in [6.07, 6.45) is 48.8. The smallest absolute Gasteiger partial charge is 0.0902 e. The second kappa shape index (κ2) is 43.5. The molecule has 0 fully saturated rings. The predicted octanol–water partition coefficient (Wildman–Crippen LogP) is 11.2. The van der Waals surface area contributed by atoms with Gasteiger partial charge in [0.25, 0.3) is 0 Å². The Kier molecular flexibility index (Phi) is 47.3. The van der Waals surface area contributed by atoms with Crippen molar-refractivity contribution in [3.8, 4) is 0 Å². The lowest BCUT2D eigenvalue weighted by Gasteiger charge is -2.24. The fourth-order valence-corrected chi connectivity index (χ4v) is 6.12. The van der Waals surface area contributed by atoms with Crippen molar-refractivity contribution in [1.82, 2.24) is 0 Å². The molecule has 45 heavy (non-hydrogen) atoms. The van der Waals surface area contributed by atoms with Crippen LogP contribution in [0, 0.1) is 5.41 Å². The van der Waals surface area contributed by atoms with Crippen LogP contribution in [0.25, 0.3) is 0 Å². The van der Waals surface area contributed by atoms with Gasteiger partial charge >= 0.3 is 0 Å². The maximum Gasteiger partial charge on any atom is 0.0902 e. The lowest BCUT2D eigenvalue weighted by atomic mass is 9.81. The van der Waals surface area contributed by atoms with E-state index < -0.39 is 0 Å². The van der Waals surface area contributed by atoms with Gasteiger partial charge in [-0.3, -0.25) is 0 Å². The Morgan fingerprint density at radius 3 is 0.778 bits per heavy atom. The lowest BCUT2D eigenvalue weighted by Crippen LogP contribution is -3.00. The van der Waals surface area contributed by atoms with E-state index in [-0.39, 0.29) is 12.4 Å². The van der Waals surface area contributed by atoms with E-state index in [0.717, 1.165) is 0 Å². The molecule has 2 N–H and O–H groups in total. The van der Waals surface area contributed by atoms with Crippen molar-refractivity contribution in [2.75, 3.05) is 14.1 Å². The topological polar surface area (TPSA) is 29.8 Å². The molecule has 2 nitrogen and oxygen atoms in total. The highest BCUT2D eigenvalue weighted by Crippen LogP contribution is 2.30. The summed E-state index contributed by atoms with van der Waals surface area (Å²) in [5.74, 6) is 0. The second-order valence-electron chi connectivity index (χ2n) is 14.6. The number of hydrogen-bond acceptors (Lipinski definition) is 1. The molecule has 0 amide bonds. The number of nitrogens with two attached hydrogens (primary N) is 1. The van der Waals surface area contributed by atoms with E-state index in [1.807, 2.05) is 31.5 Å². The molecule has 1 heterocycles. The Labute approximate surface area is 292 Å². The number of halogens is 1. The van der Waals surface area contributed by atoms with Gasteiger partial charge < -0.3 is 22.1 Å². The van der Waals surface area contributed by atoms with Gasteiger partial charge in [0, 0.05) is 0 Å². The highest BCUT2D eigenvalue weighted by atomic mass is 35.5. The van der Waals surface area contributed by atoms with Gasteiger partial charge in [0.15, 0.2) is 0 Å². The van der Waals surface area contributed by atoms with Gasteiger partial charge in [-0.25, -0.2) is 0 Å². The Hall–Kier alpha value is -0.470. The van der Waals surface area contributed by atoms with E-state index in [2.05, 4.69) is 32.1 Å². The zero-order chi connectivity index (χ0) is 32.7. The molecule has 0 aromatic carbocycles. The molecule has 0 bridgehead atoms. The molecule has 0 radical (unpaired) electrons. The van der Waals surface area contributed by atoms with Gasteiger partial charge in [-0.1, -0.05) is 214 Å². The first-order valence-electron chi connectivity index (χ1n) is 20.2. The summed E-state index contributed by atoms with van der Waals surface area (Å²) in [5.41, 5.74) is 0.577. The third kappa shape index (κ3) is 48.0. The average Bonchev–Trinajstić information content (AvgIpc) is 3.60. The van der Waals surface area contributed by atoms with Gasteiger partial charge in [0.05, 0.1) is 26.6 Å². The minimum atomic E-state index is 0. The summed E-state index contributed by atoms with van der Waals surface area (Å²) >= 11 is 0. The Bertz CT molecular complexity index is 556. The van der Waals surface area contributed by atoms with E-state index in [1.54, 1.807) is 12.5 Å². The largest absolute Gasteiger partial charge is 1.00 e. The first kappa shape index (κ1) is 48.9. The molecule has 1 aromatic heterocycles. The van der Waals surface area contributed by atoms with Crippen LogP contribution in [0.5, 0.6) is 0 Å². The standard InChI is InChI=1S/C36H74.C4H4O.C2H7N.ClH/c1-5-7-9-11-13-15-17-19-20-21-23-25-27-29-31-33-35-36(3,4)34-32-30-28-26-24-22-18-16-14-12-10-8-6-2;1-2-4-5-3-1;1-3-2;/h5-35H2,1-4H3;1-4H;3H,1-2H3;1H. The SMILES string of the molecule is CCCCCCCCCCCCCCCCCCC(C)(C)CCCCCCCCCCCCCCC.C[NH2+]C.[Cl-].c1ccoc1. The molecule has 0 aliphatic carbocycles. The van der Waals surface area contributed by atoms with Gasteiger partial charge in [-0.05, 0) is 30.4 Å². The first-order chi connectivity index (χ1) is 21.5. The summed E-state index contributed by atoms with van der Waals surface area (Å²) < 4.78 is 4.58. The number of quaternary nitrogens is 1. The maximum absolute atomic E-state index is 4.58.